The van der Waals surface area contributed by atoms with Gasteiger partial charge in [0.05, 0.1) is 6.54 Å². The molecule has 2 aliphatic rings. The Morgan fingerprint density at radius 1 is 1.09 bits per heavy atom. The van der Waals surface area contributed by atoms with Crippen molar-refractivity contribution in [3.05, 3.63) is 35.9 Å². The van der Waals surface area contributed by atoms with E-state index in [1.165, 1.54) is 5.56 Å². The van der Waals surface area contributed by atoms with E-state index in [2.05, 4.69) is 24.3 Å². The first-order valence-corrected chi connectivity index (χ1v) is 8.32. The molecule has 0 saturated carbocycles. The predicted molar refractivity (Wildman–Crippen MR) is 85.3 cm³/mol. The van der Waals surface area contributed by atoms with Gasteiger partial charge in [-0.15, -0.1) is 0 Å². The smallest absolute Gasteiger partial charge is 0.242 e. The Morgan fingerprint density at radius 3 is 2.45 bits per heavy atom. The maximum atomic E-state index is 12.3. The molecule has 118 valence electrons. The molecular formula is C18H24N2O2. The second-order valence-electron chi connectivity index (χ2n) is 6.43. The van der Waals surface area contributed by atoms with Crippen molar-refractivity contribution >= 4 is 11.8 Å². The van der Waals surface area contributed by atoms with Crippen molar-refractivity contribution in [1.82, 2.24) is 9.80 Å². The van der Waals surface area contributed by atoms with Crippen molar-refractivity contribution in [2.24, 2.45) is 5.92 Å². The summed E-state index contributed by atoms with van der Waals surface area (Å²) in [5.74, 6) is 0.917. The largest absolute Gasteiger partial charge is 0.341 e. The Balaban J connectivity index is 1.45. The van der Waals surface area contributed by atoms with Crippen LogP contribution in [0.5, 0.6) is 0 Å². The molecule has 0 N–H and O–H groups in total. The molecule has 2 fully saturated rings. The lowest BCUT2D eigenvalue weighted by molar-refractivity contribution is -0.139. The molecule has 4 heteroatoms. The lowest BCUT2D eigenvalue weighted by atomic mass is 9.90. The van der Waals surface area contributed by atoms with Gasteiger partial charge in [0, 0.05) is 26.1 Å². The molecule has 2 saturated heterocycles. The van der Waals surface area contributed by atoms with Gasteiger partial charge in [0.2, 0.25) is 11.8 Å². The number of amides is 2. The first-order valence-electron chi connectivity index (χ1n) is 8.32. The number of rotatable bonds is 4. The van der Waals surface area contributed by atoms with E-state index in [0.29, 0.717) is 12.3 Å². The highest BCUT2D eigenvalue weighted by molar-refractivity contribution is 5.85. The van der Waals surface area contributed by atoms with Gasteiger partial charge in [0.1, 0.15) is 0 Å². The molecule has 2 amide bonds. The van der Waals surface area contributed by atoms with Gasteiger partial charge < -0.3 is 9.80 Å². The lowest BCUT2D eigenvalue weighted by Crippen LogP contribution is -2.44. The lowest BCUT2D eigenvalue weighted by Gasteiger charge is -2.33. The maximum absolute atomic E-state index is 12.3. The van der Waals surface area contributed by atoms with Crippen LogP contribution in [0, 0.1) is 5.92 Å². The highest BCUT2D eigenvalue weighted by Crippen LogP contribution is 2.22. The van der Waals surface area contributed by atoms with Crippen molar-refractivity contribution in [1.29, 1.82) is 0 Å². The summed E-state index contributed by atoms with van der Waals surface area (Å²) < 4.78 is 0. The third kappa shape index (κ3) is 3.67. The fourth-order valence-electron chi connectivity index (χ4n) is 3.47. The molecular weight excluding hydrogens is 276 g/mol. The van der Waals surface area contributed by atoms with Crippen molar-refractivity contribution in [3.63, 3.8) is 0 Å². The SMILES string of the molecule is O=C(CN1CCCC1=O)N1CCC(Cc2ccccc2)CC1. The number of benzene rings is 1. The second-order valence-corrected chi connectivity index (χ2v) is 6.43. The summed E-state index contributed by atoms with van der Waals surface area (Å²) in [4.78, 5) is 27.5. The van der Waals surface area contributed by atoms with Gasteiger partial charge in [0.15, 0.2) is 0 Å². The molecule has 2 heterocycles. The molecule has 0 radical (unpaired) electrons. The molecule has 0 unspecified atom stereocenters. The minimum atomic E-state index is 0.119. The Bertz CT molecular complexity index is 521. The van der Waals surface area contributed by atoms with E-state index >= 15 is 0 Å². The summed E-state index contributed by atoms with van der Waals surface area (Å²) in [5.41, 5.74) is 1.38. The van der Waals surface area contributed by atoms with E-state index in [9.17, 15) is 9.59 Å². The van der Waals surface area contributed by atoms with Crippen LogP contribution in [-0.2, 0) is 16.0 Å². The van der Waals surface area contributed by atoms with Crippen molar-refractivity contribution in [2.75, 3.05) is 26.2 Å². The number of likely N-dealkylation sites (tertiary alicyclic amines) is 2. The predicted octanol–water partition coefficient (Wildman–Crippen LogP) is 2.09. The van der Waals surface area contributed by atoms with Gasteiger partial charge in [-0.05, 0) is 37.2 Å². The zero-order valence-corrected chi connectivity index (χ0v) is 13.0. The van der Waals surface area contributed by atoms with E-state index < -0.39 is 0 Å². The van der Waals surface area contributed by atoms with Gasteiger partial charge in [-0.1, -0.05) is 30.3 Å². The Labute approximate surface area is 132 Å². The first-order chi connectivity index (χ1) is 10.7. The summed E-state index contributed by atoms with van der Waals surface area (Å²) >= 11 is 0. The van der Waals surface area contributed by atoms with Gasteiger partial charge in [-0.2, -0.15) is 0 Å². The number of nitrogens with zero attached hydrogens (tertiary/aromatic N) is 2. The van der Waals surface area contributed by atoms with Crippen LogP contribution in [0.3, 0.4) is 0 Å². The zero-order valence-electron chi connectivity index (χ0n) is 13.0. The van der Waals surface area contributed by atoms with Gasteiger partial charge in [-0.3, -0.25) is 9.59 Å². The number of carbonyl (C=O) groups is 2. The Morgan fingerprint density at radius 2 is 1.82 bits per heavy atom. The Hall–Kier alpha value is -1.84. The normalized spacial score (nSPS) is 19.7. The monoisotopic (exact) mass is 300 g/mol. The molecule has 1 aromatic carbocycles. The van der Waals surface area contributed by atoms with Crippen LogP contribution in [-0.4, -0.2) is 47.8 Å². The van der Waals surface area contributed by atoms with Crippen LogP contribution < -0.4 is 0 Å². The third-order valence-corrected chi connectivity index (χ3v) is 4.83. The highest BCUT2D eigenvalue weighted by atomic mass is 16.2. The summed E-state index contributed by atoms with van der Waals surface area (Å²) in [7, 11) is 0. The van der Waals surface area contributed by atoms with E-state index in [4.69, 9.17) is 0 Å². The summed E-state index contributed by atoms with van der Waals surface area (Å²) in [6.45, 7) is 2.69. The van der Waals surface area contributed by atoms with Crippen LogP contribution >= 0.6 is 0 Å². The van der Waals surface area contributed by atoms with E-state index in [0.717, 1.165) is 45.3 Å². The van der Waals surface area contributed by atoms with Gasteiger partial charge >= 0.3 is 0 Å². The molecule has 0 atom stereocenters. The number of carbonyl (C=O) groups excluding carboxylic acids is 2. The fourth-order valence-corrected chi connectivity index (χ4v) is 3.47. The minimum Gasteiger partial charge on any atom is -0.341 e. The molecule has 2 aliphatic heterocycles. The van der Waals surface area contributed by atoms with Crippen molar-refractivity contribution in [3.8, 4) is 0 Å². The summed E-state index contributed by atoms with van der Waals surface area (Å²) in [5, 5.41) is 0. The standard InChI is InChI=1S/C18H24N2O2/c21-17-7-4-10-20(17)14-18(22)19-11-8-16(9-12-19)13-15-5-2-1-3-6-15/h1-3,5-6,16H,4,7-14H2. The zero-order chi connectivity index (χ0) is 15.4. The first kappa shape index (κ1) is 15.1. The summed E-state index contributed by atoms with van der Waals surface area (Å²) in [6.07, 6.45) is 4.73. The molecule has 4 nitrogen and oxygen atoms in total. The maximum Gasteiger partial charge on any atom is 0.242 e. The molecule has 22 heavy (non-hydrogen) atoms. The highest BCUT2D eigenvalue weighted by Gasteiger charge is 2.27. The second kappa shape index (κ2) is 6.95. The number of hydrogen-bond acceptors (Lipinski definition) is 2. The van der Waals surface area contributed by atoms with Crippen LogP contribution in [0.25, 0.3) is 0 Å². The van der Waals surface area contributed by atoms with Crippen LogP contribution in [0.4, 0.5) is 0 Å². The average molecular weight is 300 g/mol. The summed E-state index contributed by atoms with van der Waals surface area (Å²) in [6, 6.07) is 10.6. The van der Waals surface area contributed by atoms with E-state index in [-0.39, 0.29) is 18.4 Å². The molecule has 0 aliphatic carbocycles. The van der Waals surface area contributed by atoms with E-state index in [1.807, 2.05) is 11.0 Å². The third-order valence-electron chi connectivity index (χ3n) is 4.83. The van der Waals surface area contributed by atoms with Gasteiger partial charge in [-0.25, -0.2) is 0 Å². The van der Waals surface area contributed by atoms with Crippen LogP contribution in [0.15, 0.2) is 30.3 Å². The minimum absolute atomic E-state index is 0.119. The van der Waals surface area contributed by atoms with Crippen LogP contribution in [0.2, 0.25) is 0 Å². The van der Waals surface area contributed by atoms with Crippen molar-refractivity contribution < 1.29 is 9.59 Å². The molecule has 0 aromatic heterocycles. The number of hydrogen-bond donors (Lipinski definition) is 0. The fraction of sp³-hybridized carbons (Fsp3) is 0.556. The molecule has 0 spiro atoms. The Kier molecular flexibility index (Phi) is 4.76. The topological polar surface area (TPSA) is 40.6 Å². The average Bonchev–Trinajstić information content (AvgIpc) is 2.94. The molecule has 0 bridgehead atoms. The number of piperidine rings is 1. The quantitative estimate of drug-likeness (QED) is 0.854. The van der Waals surface area contributed by atoms with Gasteiger partial charge in [0.25, 0.3) is 0 Å². The molecule has 1 aromatic rings. The van der Waals surface area contributed by atoms with E-state index in [1.54, 1.807) is 4.90 Å². The van der Waals surface area contributed by atoms with Crippen molar-refractivity contribution in [2.45, 2.75) is 32.1 Å². The van der Waals surface area contributed by atoms with Crippen LogP contribution in [0.1, 0.15) is 31.2 Å². The molecule has 3 rings (SSSR count).